The average molecular weight is 247 g/mol. The normalized spacial score (nSPS) is 18.5. The molecule has 100 valence electrons. The van der Waals surface area contributed by atoms with Crippen molar-refractivity contribution in [1.82, 2.24) is 5.32 Å². The van der Waals surface area contributed by atoms with Gasteiger partial charge in [-0.15, -0.1) is 0 Å². The maximum Gasteiger partial charge on any atom is 0.122 e. The van der Waals surface area contributed by atoms with Crippen LogP contribution in [0.5, 0.6) is 5.75 Å². The third kappa shape index (κ3) is 2.54. The van der Waals surface area contributed by atoms with Gasteiger partial charge in [0.15, 0.2) is 0 Å². The lowest BCUT2D eigenvalue weighted by Crippen LogP contribution is -2.45. The second-order valence-corrected chi connectivity index (χ2v) is 5.27. The van der Waals surface area contributed by atoms with Gasteiger partial charge in [0.1, 0.15) is 5.75 Å². The van der Waals surface area contributed by atoms with Gasteiger partial charge >= 0.3 is 0 Å². The zero-order valence-corrected chi connectivity index (χ0v) is 11.8. The van der Waals surface area contributed by atoms with Gasteiger partial charge in [-0.05, 0) is 25.3 Å². The minimum absolute atomic E-state index is 0.303. The Balaban J connectivity index is 2.00. The van der Waals surface area contributed by atoms with Crippen molar-refractivity contribution >= 4 is 0 Å². The smallest absolute Gasteiger partial charge is 0.122 e. The van der Waals surface area contributed by atoms with Crippen LogP contribution in [0.15, 0.2) is 24.3 Å². The van der Waals surface area contributed by atoms with E-state index in [-0.39, 0.29) is 0 Å². The van der Waals surface area contributed by atoms with Crippen LogP contribution >= 0.6 is 0 Å². The van der Waals surface area contributed by atoms with E-state index in [9.17, 15) is 0 Å². The summed E-state index contributed by atoms with van der Waals surface area (Å²) in [7, 11) is 0. The van der Waals surface area contributed by atoms with Crippen LogP contribution in [0, 0.1) is 0 Å². The maximum atomic E-state index is 5.74. The molecule has 0 aliphatic carbocycles. The van der Waals surface area contributed by atoms with Crippen LogP contribution in [0.1, 0.15) is 51.5 Å². The molecule has 1 heterocycles. The second-order valence-electron chi connectivity index (χ2n) is 5.27. The van der Waals surface area contributed by atoms with Gasteiger partial charge in [0.2, 0.25) is 0 Å². The van der Waals surface area contributed by atoms with Crippen LogP contribution in [-0.4, -0.2) is 18.7 Å². The molecule has 0 saturated heterocycles. The summed E-state index contributed by atoms with van der Waals surface area (Å²) in [4.78, 5) is 0. The number of benzene rings is 1. The largest absolute Gasteiger partial charge is 0.493 e. The predicted octanol–water partition coefficient (Wildman–Crippen LogP) is 3.72. The van der Waals surface area contributed by atoms with E-state index in [2.05, 4.69) is 44.3 Å². The fourth-order valence-corrected chi connectivity index (χ4v) is 2.86. The van der Waals surface area contributed by atoms with Crippen molar-refractivity contribution in [3.8, 4) is 5.75 Å². The number of fused-ring (bicyclic) bond motifs is 1. The van der Waals surface area contributed by atoms with E-state index >= 15 is 0 Å². The molecule has 0 saturated carbocycles. The van der Waals surface area contributed by atoms with E-state index in [1.165, 1.54) is 24.8 Å². The zero-order valence-electron chi connectivity index (χ0n) is 11.8. The highest BCUT2D eigenvalue weighted by atomic mass is 16.5. The molecule has 2 nitrogen and oxygen atoms in total. The Kier molecular flexibility index (Phi) is 4.28. The highest BCUT2D eigenvalue weighted by molar-refractivity contribution is 5.39. The molecular formula is C16H25NO. The summed E-state index contributed by atoms with van der Waals surface area (Å²) in [5, 5.41) is 3.79. The highest BCUT2D eigenvalue weighted by Gasteiger charge is 2.28. The van der Waals surface area contributed by atoms with E-state index in [4.69, 9.17) is 4.74 Å². The highest BCUT2D eigenvalue weighted by Crippen LogP contribution is 2.33. The third-order valence-corrected chi connectivity index (χ3v) is 4.55. The Labute approximate surface area is 111 Å². The van der Waals surface area contributed by atoms with Crippen molar-refractivity contribution in [2.45, 2.75) is 51.5 Å². The quantitative estimate of drug-likeness (QED) is 0.827. The molecule has 1 aromatic rings. The predicted molar refractivity (Wildman–Crippen MR) is 76.3 cm³/mol. The van der Waals surface area contributed by atoms with E-state index in [1.54, 1.807) is 0 Å². The summed E-state index contributed by atoms with van der Waals surface area (Å²) >= 11 is 0. The number of rotatable bonds is 6. The average Bonchev–Trinajstić information content (AvgIpc) is 2.85. The van der Waals surface area contributed by atoms with Crippen LogP contribution in [0.4, 0.5) is 0 Å². The molecule has 0 amide bonds. The lowest BCUT2D eigenvalue weighted by molar-refractivity contribution is 0.265. The van der Waals surface area contributed by atoms with Gasteiger partial charge < -0.3 is 10.1 Å². The van der Waals surface area contributed by atoms with Gasteiger partial charge in [-0.25, -0.2) is 0 Å². The van der Waals surface area contributed by atoms with Crippen LogP contribution in [0.2, 0.25) is 0 Å². The van der Waals surface area contributed by atoms with Gasteiger partial charge in [0, 0.05) is 23.6 Å². The number of hydrogen-bond donors (Lipinski definition) is 1. The lowest BCUT2D eigenvalue weighted by atomic mass is 9.88. The van der Waals surface area contributed by atoms with Gasteiger partial charge in [0.25, 0.3) is 0 Å². The fraction of sp³-hybridized carbons (Fsp3) is 0.625. The Hall–Kier alpha value is -1.02. The van der Waals surface area contributed by atoms with Crippen molar-refractivity contribution < 1.29 is 4.74 Å². The number of nitrogens with one attached hydrogen (secondary N) is 1. The molecule has 0 spiro atoms. The summed E-state index contributed by atoms with van der Waals surface area (Å²) in [6.07, 6.45) is 3.57. The van der Waals surface area contributed by atoms with Crippen LogP contribution in [0.3, 0.4) is 0 Å². The lowest BCUT2D eigenvalue weighted by Gasteiger charge is -2.33. The topological polar surface area (TPSA) is 21.3 Å². The summed E-state index contributed by atoms with van der Waals surface area (Å²) in [6, 6.07) is 8.42. The number of para-hydroxylation sites is 1. The molecule has 0 fully saturated rings. The number of ether oxygens (including phenoxy) is 1. The summed E-state index contributed by atoms with van der Waals surface area (Å²) in [5.74, 6) is 1.57. The molecule has 2 heteroatoms. The first-order valence-corrected chi connectivity index (χ1v) is 7.21. The minimum atomic E-state index is 0.303. The Morgan fingerprint density at radius 2 is 1.83 bits per heavy atom. The van der Waals surface area contributed by atoms with E-state index < -0.39 is 0 Å². The summed E-state index contributed by atoms with van der Waals surface area (Å²) < 4.78 is 5.74. The van der Waals surface area contributed by atoms with Crippen molar-refractivity contribution in [3.05, 3.63) is 29.8 Å². The first kappa shape index (κ1) is 13.4. The van der Waals surface area contributed by atoms with Crippen molar-refractivity contribution in [1.29, 1.82) is 0 Å². The first-order chi connectivity index (χ1) is 8.74. The summed E-state index contributed by atoms with van der Waals surface area (Å²) in [6.45, 7) is 8.67. The maximum absolute atomic E-state index is 5.74. The SMILES string of the molecule is CCC(CC)(CC)NCC1COc2ccccc21. The monoisotopic (exact) mass is 247 g/mol. The first-order valence-electron chi connectivity index (χ1n) is 7.21. The van der Waals surface area contributed by atoms with Crippen molar-refractivity contribution in [2.24, 2.45) is 0 Å². The van der Waals surface area contributed by atoms with Crippen LogP contribution in [0.25, 0.3) is 0 Å². The van der Waals surface area contributed by atoms with Crippen LogP contribution < -0.4 is 10.1 Å². The molecule has 1 aromatic carbocycles. The molecule has 2 rings (SSSR count). The summed E-state index contributed by atoms with van der Waals surface area (Å²) in [5.41, 5.74) is 1.67. The standard InChI is InChI=1S/C16H25NO/c1-4-16(5-2,6-3)17-11-13-12-18-15-10-8-7-9-14(13)15/h7-10,13,17H,4-6,11-12H2,1-3H3. The van der Waals surface area contributed by atoms with Gasteiger partial charge in [0.05, 0.1) is 6.61 Å². The van der Waals surface area contributed by atoms with Crippen molar-refractivity contribution in [3.63, 3.8) is 0 Å². The van der Waals surface area contributed by atoms with Gasteiger partial charge in [-0.2, -0.15) is 0 Å². The molecule has 0 aromatic heterocycles. The zero-order chi connectivity index (χ0) is 13.0. The third-order valence-electron chi connectivity index (χ3n) is 4.55. The molecular weight excluding hydrogens is 222 g/mol. The molecule has 1 atom stereocenters. The second kappa shape index (κ2) is 5.75. The fourth-order valence-electron chi connectivity index (χ4n) is 2.86. The van der Waals surface area contributed by atoms with E-state index in [0.717, 1.165) is 18.9 Å². The van der Waals surface area contributed by atoms with Gasteiger partial charge in [-0.1, -0.05) is 39.0 Å². The molecule has 1 aliphatic heterocycles. The number of hydrogen-bond acceptors (Lipinski definition) is 2. The molecule has 1 unspecified atom stereocenters. The Bertz CT molecular complexity index is 376. The van der Waals surface area contributed by atoms with E-state index in [1.807, 2.05) is 6.07 Å². The molecule has 18 heavy (non-hydrogen) atoms. The van der Waals surface area contributed by atoms with E-state index in [0.29, 0.717) is 11.5 Å². The minimum Gasteiger partial charge on any atom is -0.493 e. The van der Waals surface area contributed by atoms with Crippen molar-refractivity contribution in [2.75, 3.05) is 13.2 Å². The molecule has 1 N–H and O–H groups in total. The molecule has 0 radical (unpaired) electrons. The Morgan fingerprint density at radius 3 is 2.50 bits per heavy atom. The molecule has 1 aliphatic rings. The molecule has 0 bridgehead atoms. The van der Waals surface area contributed by atoms with Gasteiger partial charge in [-0.3, -0.25) is 0 Å². The van der Waals surface area contributed by atoms with Crippen LogP contribution in [-0.2, 0) is 0 Å². The Morgan fingerprint density at radius 1 is 1.17 bits per heavy atom.